The van der Waals surface area contributed by atoms with Crippen LogP contribution in [-0.4, -0.2) is 50.7 Å². The topological polar surface area (TPSA) is 130 Å². The largest absolute Gasteiger partial charge is 0.497 e. The van der Waals surface area contributed by atoms with E-state index in [2.05, 4.69) is 10.3 Å². The van der Waals surface area contributed by atoms with Crippen LogP contribution in [0.1, 0.15) is 52.0 Å². The number of nitrogens with zero attached hydrogens (tertiary/aromatic N) is 5. The van der Waals surface area contributed by atoms with Gasteiger partial charge in [0.25, 0.3) is 11.8 Å². The molecule has 2 N–H and O–H groups in total. The molecule has 3 heterocycles. The van der Waals surface area contributed by atoms with Gasteiger partial charge in [-0.15, -0.1) is 5.10 Å². The molecule has 0 aliphatic carbocycles. The monoisotopic (exact) mass is 747 g/mol. The van der Waals surface area contributed by atoms with E-state index >= 15 is 0 Å². The summed E-state index contributed by atoms with van der Waals surface area (Å²) in [6.07, 6.45) is 6.19. The number of fused-ring (bicyclic) bond motifs is 3. The fourth-order valence-electron chi connectivity index (χ4n) is 7.54. The molecular weight excluding hydrogens is 707 g/mol. The highest BCUT2D eigenvalue weighted by atomic mass is 16.5. The van der Waals surface area contributed by atoms with Gasteiger partial charge in [-0.1, -0.05) is 91.0 Å². The summed E-state index contributed by atoms with van der Waals surface area (Å²) in [5.74, 6) is -0.0297. The van der Waals surface area contributed by atoms with Crippen LogP contribution >= 0.6 is 0 Å². The molecule has 56 heavy (non-hydrogen) atoms. The molecule has 0 spiro atoms. The molecule has 0 saturated heterocycles. The molecule has 5 aromatic carbocycles. The van der Waals surface area contributed by atoms with Gasteiger partial charge in [-0.25, -0.2) is 0 Å². The number of para-hydroxylation sites is 3. The van der Waals surface area contributed by atoms with Crippen molar-refractivity contribution in [3.63, 3.8) is 0 Å². The number of hydrogen-bond acceptors (Lipinski definition) is 8. The number of aryl methyl sites for hydroxylation is 1. The average molecular weight is 748 g/mol. The van der Waals surface area contributed by atoms with Crippen molar-refractivity contribution in [2.75, 3.05) is 23.5 Å². The Labute approximate surface area is 324 Å². The molecule has 1 unspecified atom stereocenters. The van der Waals surface area contributed by atoms with Gasteiger partial charge in [-0.2, -0.15) is 0 Å². The van der Waals surface area contributed by atoms with E-state index in [1.165, 1.54) is 0 Å². The van der Waals surface area contributed by atoms with Gasteiger partial charge in [0.1, 0.15) is 11.5 Å². The van der Waals surface area contributed by atoms with Crippen LogP contribution in [0.15, 0.2) is 140 Å². The van der Waals surface area contributed by atoms with Gasteiger partial charge in [0.2, 0.25) is 0 Å². The van der Waals surface area contributed by atoms with Crippen LogP contribution in [-0.2, 0) is 23.5 Å². The highest BCUT2D eigenvalue weighted by molar-refractivity contribution is 6.14. The molecule has 0 fully saturated rings. The number of aliphatic hydroxyl groups excluding tert-OH is 1. The first kappa shape index (κ1) is 36.4. The molecular formula is C45H41N5O6. The molecule has 2 amide bonds. The zero-order chi connectivity index (χ0) is 38.8. The van der Waals surface area contributed by atoms with Crippen LogP contribution in [0.5, 0.6) is 17.2 Å². The molecule has 6 aromatic rings. The molecule has 1 aromatic heterocycles. The van der Waals surface area contributed by atoms with Crippen LogP contribution < -0.4 is 19.3 Å². The maximum absolute atomic E-state index is 14.5. The van der Waals surface area contributed by atoms with Crippen molar-refractivity contribution in [2.45, 2.75) is 38.0 Å². The summed E-state index contributed by atoms with van der Waals surface area (Å²) in [5.41, 5.74) is 3.21. The van der Waals surface area contributed by atoms with Crippen molar-refractivity contribution in [3.05, 3.63) is 168 Å². The number of benzene rings is 5. The number of allylic oxidation sites excluding steroid dienone is 1. The van der Waals surface area contributed by atoms with Crippen LogP contribution in [0.25, 0.3) is 0 Å². The highest BCUT2D eigenvalue weighted by Crippen LogP contribution is 2.48. The molecule has 2 aliphatic heterocycles. The van der Waals surface area contributed by atoms with Crippen molar-refractivity contribution in [3.8, 4) is 17.2 Å². The SMILES string of the molecule is COc1ccc2c(c1)[C@](O)([C@@H](C)/C=C/CCn1cc(C(CO)c3ccccc3)nn1)C(=O)N2Cc1cccc(N2C(=O)c3ccccc3Oc3ccccc32)c1. The second kappa shape index (κ2) is 15.3. The van der Waals surface area contributed by atoms with E-state index in [0.29, 0.717) is 64.1 Å². The molecule has 3 atom stereocenters. The van der Waals surface area contributed by atoms with Crippen molar-refractivity contribution in [1.82, 2.24) is 15.0 Å². The average Bonchev–Trinajstić information content (AvgIpc) is 3.74. The molecule has 0 saturated carbocycles. The van der Waals surface area contributed by atoms with Gasteiger partial charge < -0.3 is 24.6 Å². The Morgan fingerprint density at radius 3 is 2.45 bits per heavy atom. The van der Waals surface area contributed by atoms with E-state index in [4.69, 9.17) is 9.47 Å². The predicted molar refractivity (Wildman–Crippen MR) is 212 cm³/mol. The van der Waals surface area contributed by atoms with Gasteiger partial charge in [-0.05, 0) is 72.1 Å². The van der Waals surface area contributed by atoms with Crippen LogP contribution in [0.3, 0.4) is 0 Å². The Morgan fingerprint density at radius 2 is 1.64 bits per heavy atom. The zero-order valence-electron chi connectivity index (χ0n) is 31.0. The van der Waals surface area contributed by atoms with Crippen LogP contribution in [0, 0.1) is 5.92 Å². The van der Waals surface area contributed by atoms with E-state index in [1.807, 2.05) is 110 Å². The van der Waals surface area contributed by atoms with Gasteiger partial charge >= 0.3 is 0 Å². The second-order valence-electron chi connectivity index (χ2n) is 14.0. The fourth-order valence-corrected chi connectivity index (χ4v) is 7.54. The first-order valence-electron chi connectivity index (χ1n) is 18.5. The third kappa shape index (κ3) is 6.61. The standard InChI is InChI=1S/C45H41N5O6/c1-30(13-10-11-24-48-28-38(46-47-48)36(29-51)32-15-4-3-5-16-32)45(54)37-26-34(55-2)22-23-39(37)49(44(45)53)27-31-14-12-17-33(25-31)50-40-19-7-9-21-42(40)56-41-20-8-6-18-35(41)43(50)52/h3-10,12-23,25-26,28,30,36,51,54H,11,24,27,29H2,1-2H3/b13-10+/t30-,36?,45+/m0/s1. The maximum Gasteiger partial charge on any atom is 0.266 e. The summed E-state index contributed by atoms with van der Waals surface area (Å²) in [7, 11) is 1.55. The predicted octanol–water partition coefficient (Wildman–Crippen LogP) is 7.51. The van der Waals surface area contributed by atoms with Gasteiger partial charge in [-0.3, -0.25) is 19.2 Å². The summed E-state index contributed by atoms with van der Waals surface area (Å²) in [4.78, 5) is 31.8. The first-order chi connectivity index (χ1) is 27.3. The summed E-state index contributed by atoms with van der Waals surface area (Å²) >= 11 is 0. The Bertz CT molecular complexity index is 2430. The minimum absolute atomic E-state index is 0.0848. The smallest absolute Gasteiger partial charge is 0.266 e. The lowest BCUT2D eigenvalue weighted by Gasteiger charge is -2.28. The molecule has 11 nitrogen and oxygen atoms in total. The molecule has 282 valence electrons. The minimum atomic E-state index is -1.87. The van der Waals surface area contributed by atoms with Gasteiger partial charge in [0.05, 0.1) is 48.8 Å². The van der Waals surface area contributed by atoms with Crippen LogP contribution in [0.4, 0.5) is 17.1 Å². The number of carbonyl (C=O) groups excluding carboxylic acids is 2. The van der Waals surface area contributed by atoms with E-state index in [1.54, 1.807) is 58.0 Å². The Morgan fingerprint density at radius 1 is 0.875 bits per heavy atom. The Kier molecular flexibility index (Phi) is 9.94. The normalized spacial score (nSPS) is 17.2. The lowest BCUT2D eigenvalue weighted by Crippen LogP contribution is -2.44. The number of methoxy groups -OCH3 is 1. The van der Waals surface area contributed by atoms with Crippen molar-refractivity contribution in [1.29, 1.82) is 0 Å². The molecule has 0 bridgehead atoms. The third-order valence-corrected chi connectivity index (χ3v) is 10.5. The Hall–Kier alpha value is -6.56. The highest BCUT2D eigenvalue weighted by Gasteiger charge is 2.52. The minimum Gasteiger partial charge on any atom is -0.497 e. The van der Waals surface area contributed by atoms with Crippen LogP contribution in [0.2, 0.25) is 0 Å². The molecule has 11 heteroatoms. The van der Waals surface area contributed by atoms with Crippen molar-refractivity contribution in [2.24, 2.45) is 5.92 Å². The third-order valence-electron chi connectivity index (χ3n) is 10.5. The summed E-state index contributed by atoms with van der Waals surface area (Å²) in [6.45, 7) is 2.40. The fraction of sp³-hybridized carbons (Fsp3) is 0.200. The van der Waals surface area contributed by atoms with E-state index < -0.39 is 17.4 Å². The number of ether oxygens (including phenoxy) is 2. The number of carbonyl (C=O) groups is 2. The number of rotatable bonds is 12. The number of aromatic nitrogens is 3. The quantitative estimate of drug-likeness (QED) is 0.123. The Balaban J connectivity index is 1.03. The second-order valence-corrected chi connectivity index (χ2v) is 14.0. The maximum atomic E-state index is 14.5. The number of hydrogen-bond donors (Lipinski definition) is 2. The van der Waals surface area contributed by atoms with Gasteiger partial charge in [0.15, 0.2) is 11.4 Å². The molecule has 0 radical (unpaired) electrons. The lowest BCUT2D eigenvalue weighted by atomic mass is 9.83. The van der Waals surface area contributed by atoms with E-state index in [0.717, 1.165) is 11.1 Å². The van der Waals surface area contributed by atoms with E-state index in [9.17, 15) is 19.8 Å². The summed E-state index contributed by atoms with van der Waals surface area (Å²) in [6, 6.07) is 37.1. The number of anilines is 3. The van der Waals surface area contributed by atoms with E-state index in [-0.39, 0.29) is 25.0 Å². The summed E-state index contributed by atoms with van der Waals surface area (Å²) in [5, 5.41) is 31.0. The van der Waals surface area contributed by atoms with Crippen molar-refractivity contribution >= 4 is 28.9 Å². The zero-order valence-corrected chi connectivity index (χ0v) is 31.0. The number of aliphatic hydroxyl groups is 2. The van der Waals surface area contributed by atoms with Gasteiger partial charge in [0, 0.05) is 29.9 Å². The van der Waals surface area contributed by atoms with Crippen molar-refractivity contribution < 1.29 is 29.3 Å². The lowest BCUT2D eigenvalue weighted by molar-refractivity contribution is -0.139. The first-order valence-corrected chi connectivity index (χ1v) is 18.5. The molecule has 8 rings (SSSR count). The summed E-state index contributed by atoms with van der Waals surface area (Å²) < 4.78 is 13.4. The number of amides is 2. The molecule has 2 aliphatic rings.